The van der Waals surface area contributed by atoms with Gasteiger partial charge in [0, 0.05) is 12.7 Å². The smallest absolute Gasteiger partial charge is 0.335 e. The normalized spacial score (nSPS) is 27.0. The lowest BCUT2D eigenvalue weighted by Crippen LogP contribution is -2.43. The van der Waals surface area contributed by atoms with Crippen LogP contribution in [-0.2, 0) is 9.30 Å². The topological polar surface area (TPSA) is 95.9 Å². The molecule has 1 aliphatic heterocycles. The standard InChI is InChI=1S/C19H28NO5P/c21-19(22)16-8-4-7-15(9-16)18-11-25-17(10-20-18)13-26(23,24)12-14-5-2-1-3-6-14/h4,7-9,14,17-18,20H,1-3,5-6,10-13H2,(H,21,22)(H,23,24)/t17-,18+/m1/s1. The number of benzene rings is 1. The maximum atomic E-state index is 12.6. The molecule has 26 heavy (non-hydrogen) atoms. The molecule has 1 heterocycles. The third kappa shape index (κ3) is 5.40. The van der Waals surface area contributed by atoms with E-state index < -0.39 is 13.3 Å². The Kier molecular flexibility index (Phi) is 6.51. The summed E-state index contributed by atoms with van der Waals surface area (Å²) >= 11 is 0. The lowest BCUT2D eigenvalue weighted by molar-refractivity contribution is 0.0156. The first kappa shape index (κ1) is 19.6. The van der Waals surface area contributed by atoms with Crippen molar-refractivity contribution in [2.75, 3.05) is 25.5 Å². The van der Waals surface area contributed by atoms with Crippen molar-refractivity contribution in [2.45, 2.75) is 44.2 Å². The Morgan fingerprint density at radius 2 is 2.00 bits per heavy atom. The fraction of sp³-hybridized carbons (Fsp3) is 0.632. The summed E-state index contributed by atoms with van der Waals surface area (Å²) in [6, 6.07) is 6.70. The number of aromatic carboxylic acids is 1. The molecular weight excluding hydrogens is 353 g/mol. The van der Waals surface area contributed by atoms with Gasteiger partial charge in [0.05, 0.1) is 30.5 Å². The van der Waals surface area contributed by atoms with Gasteiger partial charge in [0.1, 0.15) is 0 Å². The molecule has 2 aliphatic rings. The minimum absolute atomic E-state index is 0.0954. The van der Waals surface area contributed by atoms with Gasteiger partial charge in [0.15, 0.2) is 0 Å². The second-order valence-electron chi connectivity index (χ2n) is 7.56. The zero-order valence-electron chi connectivity index (χ0n) is 15.0. The van der Waals surface area contributed by atoms with Crippen LogP contribution in [0.25, 0.3) is 0 Å². The predicted molar refractivity (Wildman–Crippen MR) is 100 cm³/mol. The van der Waals surface area contributed by atoms with Crippen molar-refractivity contribution in [2.24, 2.45) is 5.92 Å². The molecule has 1 aliphatic carbocycles. The van der Waals surface area contributed by atoms with Crippen LogP contribution in [0.2, 0.25) is 0 Å². The van der Waals surface area contributed by atoms with Crippen molar-refractivity contribution in [1.82, 2.24) is 5.32 Å². The van der Waals surface area contributed by atoms with E-state index in [-0.39, 0.29) is 23.9 Å². The van der Waals surface area contributed by atoms with Crippen molar-refractivity contribution >= 4 is 13.3 Å². The van der Waals surface area contributed by atoms with Gasteiger partial charge in [-0.05, 0) is 36.5 Å². The molecule has 0 spiro atoms. The Balaban J connectivity index is 1.51. The number of hydrogen-bond donors (Lipinski definition) is 3. The minimum atomic E-state index is -3.18. The van der Waals surface area contributed by atoms with Gasteiger partial charge in [-0.15, -0.1) is 0 Å². The zero-order chi connectivity index (χ0) is 18.6. The SMILES string of the molecule is O=C(O)c1cccc([C@@H]2CO[C@@H](CP(=O)(O)CC3CCCCC3)CN2)c1. The Labute approximate surface area is 154 Å². The van der Waals surface area contributed by atoms with Gasteiger partial charge in [-0.2, -0.15) is 0 Å². The Morgan fingerprint density at radius 1 is 1.23 bits per heavy atom. The maximum Gasteiger partial charge on any atom is 0.335 e. The van der Waals surface area contributed by atoms with Crippen molar-refractivity contribution in [3.8, 4) is 0 Å². The molecule has 144 valence electrons. The summed E-state index contributed by atoms with van der Waals surface area (Å²) in [5, 5.41) is 12.4. The number of rotatable bonds is 6. The number of morpholine rings is 1. The molecule has 1 aromatic carbocycles. The van der Waals surface area contributed by atoms with Crippen LogP contribution >= 0.6 is 7.37 Å². The van der Waals surface area contributed by atoms with Crippen molar-refractivity contribution < 1.29 is 24.1 Å². The number of carbonyl (C=O) groups is 1. The molecule has 1 saturated carbocycles. The van der Waals surface area contributed by atoms with E-state index in [0.717, 1.165) is 18.4 Å². The molecule has 7 heteroatoms. The first-order valence-corrected chi connectivity index (χ1v) is 11.4. The van der Waals surface area contributed by atoms with Crippen LogP contribution in [0.4, 0.5) is 0 Å². The van der Waals surface area contributed by atoms with E-state index >= 15 is 0 Å². The largest absolute Gasteiger partial charge is 0.478 e. The summed E-state index contributed by atoms with van der Waals surface area (Å²) in [5.74, 6) is -0.576. The van der Waals surface area contributed by atoms with Crippen LogP contribution in [0, 0.1) is 5.92 Å². The van der Waals surface area contributed by atoms with Crippen LogP contribution in [0.5, 0.6) is 0 Å². The van der Waals surface area contributed by atoms with E-state index in [4.69, 9.17) is 9.84 Å². The number of nitrogens with one attached hydrogen (secondary N) is 1. The first-order valence-electron chi connectivity index (χ1n) is 9.42. The number of ether oxygens (including phenoxy) is 1. The van der Waals surface area contributed by atoms with Gasteiger partial charge in [-0.1, -0.05) is 31.4 Å². The quantitative estimate of drug-likeness (QED) is 0.655. The number of carboxylic acids is 1. The summed E-state index contributed by atoms with van der Waals surface area (Å²) in [7, 11) is -3.18. The van der Waals surface area contributed by atoms with E-state index in [1.165, 1.54) is 19.3 Å². The number of hydrogen-bond acceptors (Lipinski definition) is 4. The molecule has 0 bridgehead atoms. The van der Waals surface area contributed by atoms with Gasteiger partial charge < -0.3 is 20.1 Å². The van der Waals surface area contributed by atoms with Crippen LogP contribution in [-0.4, -0.2) is 47.5 Å². The second-order valence-corrected chi connectivity index (χ2v) is 9.99. The van der Waals surface area contributed by atoms with Gasteiger partial charge in [0.25, 0.3) is 0 Å². The molecular formula is C19H28NO5P. The summed E-state index contributed by atoms with van der Waals surface area (Å²) in [4.78, 5) is 21.5. The molecule has 1 saturated heterocycles. The van der Waals surface area contributed by atoms with Crippen molar-refractivity contribution in [3.05, 3.63) is 35.4 Å². The lowest BCUT2D eigenvalue weighted by atomic mass is 9.91. The third-order valence-corrected chi connectivity index (χ3v) is 7.45. The van der Waals surface area contributed by atoms with E-state index in [9.17, 15) is 14.3 Å². The van der Waals surface area contributed by atoms with E-state index in [1.807, 2.05) is 6.07 Å². The second kappa shape index (κ2) is 8.66. The molecule has 0 amide bonds. The molecule has 3 N–H and O–H groups in total. The van der Waals surface area contributed by atoms with Crippen LogP contribution in [0.15, 0.2) is 24.3 Å². The Bertz CT molecular complexity index is 666. The fourth-order valence-electron chi connectivity index (χ4n) is 4.01. The van der Waals surface area contributed by atoms with E-state index in [1.54, 1.807) is 18.2 Å². The highest BCUT2D eigenvalue weighted by molar-refractivity contribution is 7.58. The highest BCUT2D eigenvalue weighted by Crippen LogP contribution is 2.46. The van der Waals surface area contributed by atoms with Gasteiger partial charge in [-0.25, -0.2) is 4.79 Å². The van der Waals surface area contributed by atoms with Crippen LogP contribution in [0.1, 0.15) is 54.1 Å². The zero-order valence-corrected chi connectivity index (χ0v) is 15.9. The van der Waals surface area contributed by atoms with Crippen molar-refractivity contribution in [1.29, 1.82) is 0 Å². The van der Waals surface area contributed by atoms with Crippen LogP contribution in [0.3, 0.4) is 0 Å². The molecule has 0 radical (unpaired) electrons. The summed E-state index contributed by atoms with van der Waals surface area (Å²) in [5.41, 5.74) is 1.11. The Hall–Kier alpha value is -1.20. The Morgan fingerprint density at radius 3 is 2.65 bits per heavy atom. The molecule has 1 unspecified atom stereocenters. The minimum Gasteiger partial charge on any atom is -0.478 e. The average molecular weight is 381 g/mol. The summed E-state index contributed by atoms with van der Waals surface area (Å²) in [6.45, 7) is 0.869. The monoisotopic (exact) mass is 381 g/mol. The van der Waals surface area contributed by atoms with Crippen molar-refractivity contribution in [3.63, 3.8) is 0 Å². The number of carboxylic acid groups (broad SMARTS) is 1. The third-order valence-electron chi connectivity index (χ3n) is 5.38. The van der Waals surface area contributed by atoms with Gasteiger partial charge in [-0.3, -0.25) is 4.57 Å². The first-order chi connectivity index (χ1) is 12.4. The van der Waals surface area contributed by atoms with Crippen LogP contribution < -0.4 is 5.32 Å². The molecule has 1 aromatic rings. The molecule has 6 nitrogen and oxygen atoms in total. The molecule has 3 atom stereocenters. The van der Waals surface area contributed by atoms with E-state index in [2.05, 4.69) is 5.32 Å². The maximum absolute atomic E-state index is 12.6. The van der Waals surface area contributed by atoms with Gasteiger partial charge in [0.2, 0.25) is 7.37 Å². The van der Waals surface area contributed by atoms with E-state index in [0.29, 0.717) is 25.2 Å². The summed E-state index contributed by atoms with van der Waals surface area (Å²) in [6.07, 6.45) is 6.05. The predicted octanol–water partition coefficient (Wildman–Crippen LogP) is 3.27. The molecule has 2 fully saturated rings. The highest BCUT2D eigenvalue weighted by Gasteiger charge is 2.31. The van der Waals surface area contributed by atoms with Gasteiger partial charge >= 0.3 is 5.97 Å². The summed E-state index contributed by atoms with van der Waals surface area (Å²) < 4.78 is 18.4. The highest BCUT2D eigenvalue weighted by atomic mass is 31.2. The average Bonchev–Trinajstić information content (AvgIpc) is 2.62. The lowest BCUT2D eigenvalue weighted by Gasteiger charge is -2.32. The fourth-order valence-corrected chi connectivity index (χ4v) is 6.20. The molecule has 3 rings (SSSR count). The molecule has 0 aromatic heterocycles.